The Morgan fingerprint density at radius 2 is 1.41 bits per heavy atom. The maximum absolute atomic E-state index is 13.0. The minimum atomic E-state index is -2.80. The van der Waals surface area contributed by atoms with Gasteiger partial charge in [0.2, 0.25) is 0 Å². The molecule has 2 rings (SSSR count). The zero-order valence-electron chi connectivity index (χ0n) is 18.4. The fraction of sp³-hybridized carbons (Fsp3) is 0.450. The van der Waals surface area contributed by atoms with E-state index >= 15 is 0 Å². The Bertz CT molecular complexity index is 916. The molecule has 0 aromatic heterocycles. The highest BCUT2D eigenvalue weighted by atomic mass is 32.4. The Morgan fingerprint density at radius 1 is 0.931 bits per heavy atom. The van der Waals surface area contributed by atoms with Gasteiger partial charge in [-0.1, -0.05) is 81.4 Å². The van der Waals surface area contributed by atoms with Gasteiger partial charge in [0.1, 0.15) is 10.9 Å². The largest absolute Gasteiger partial charge is 0.465 e. The Kier molecular flexibility index (Phi) is 6.94. The summed E-state index contributed by atoms with van der Waals surface area (Å²) < 4.78 is 15.3. The van der Waals surface area contributed by atoms with Crippen molar-refractivity contribution in [1.29, 1.82) is 0 Å². The normalized spacial score (nSPS) is 20.0. The third-order valence-electron chi connectivity index (χ3n) is 4.85. The minimum absolute atomic E-state index is 0.132. The van der Waals surface area contributed by atoms with Crippen LogP contribution < -0.4 is 0 Å². The van der Waals surface area contributed by atoms with Gasteiger partial charge in [0.25, 0.3) is 0 Å². The van der Waals surface area contributed by atoms with Gasteiger partial charge in [0, 0.05) is 10.5 Å². The number of esters is 2. The van der Waals surface area contributed by atoms with E-state index in [1.807, 2.05) is 30.3 Å². The van der Waals surface area contributed by atoms with Gasteiger partial charge in [-0.15, -0.1) is 0 Å². The molecule has 1 aromatic carbocycles. The van der Waals surface area contributed by atoms with E-state index in [0.717, 1.165) is 5.56 Å². The van der Waals surface area contributed by atoms with Crippen LogP contribution in [0.3, 0.4) is 0 Å². The second-order valence-electron chi connectivity index (χ2n) is 9.28. The van der Waals surface area contributed by atoms with Gasteiger partial charge in [0.15, 0.2) is 0 Å². The van der Waals surface area contributed by atoms with E-state index in [2.05, 4.69) is 39.3 Å². The quantitative estimate of drug-likeness (QED) is 0.347. The first-order valence-electron chi connectivity index (χ1n) is 9.46. The number of benzene rings is 1. The predicted octanol–water partition coefficient (Wildman–Crippen LogP) is 4.61. The fourth-order valence-corrected chi connectivity index (χ4v) is 32.7. The molecule has 0 bridgehead atoms. The molecule has 0 saturated carbocycles. The van der Waals surface area contributed by atoms with Crippen LogP contribution in [0.5, 0.6) is 0 Å². The Morgan fingerprint density at radius 3 is 1.83 bits per heavy atom. The molecule has 0 N–H and O–H groups in total. The standard InChI is InChI=1S/C20H30NO4PSSi2/c1-24-18(22)15-16(14-12-10-9-11-13-14)21-26(27,17(15)19(23)25-2)20(28(3,4)5)29(6,7)8/h9-13,20H,1-8H3. The molecule has 0 aliphatic carbocycles. The van der Waals surface area contributed by atoms with Gasteiger partial charge >= 0.3 is 11.9 Å². The lowest BCUT2D eigenvalue weighted by atomic mass is 10.0. The maximum atomic E-state index is 13.0. The van der Waals surface area contributed by atoms with Crippen molar-refractivity contribution in [2.24, 2.45) is 4.76 Å². The molecule has 5 nitrogen and oxygen atoms in total. The highest BCUT2D eigenvalue weighted by Gasteiger charge is 2.54. The molecular formula is C20H30NO4PSSi2. The molecule has 0 spiro atoms. The second kappa shape index (κ2) is 8.42. The maximum Gasteiger partial charge on any atom is 0.341 e. The van der Waals surface area contributed by atoms with Gasteiger partial charge < -0.3 is 9.47 Å². The lowest BCUT2D eigenvalue weighted by Gasteiger charge is -2.43. The van der Waals surface area contributed by atoms with E-state index in [-0.39, 0.29) is 15.8 Å². The predicted molar refractivity (Wildman–Crippen MR) is 129 cm³/mol. The first kappa shape index (κ1) is 23.9. The average Bonchev–Trinajstić information content (AvgIpc) is 2.91. The summed E-state index contributed by atoms with van der Waals surface area (Å²) >= 11 is 6.30. The first-order chi connectivity index (χ1) is 13.3. The van der Waals surface area contributed by atoms with E-state index in [0.29, 0.717) is 5.71 Å². The summed E-state index contributed by atoms with van der Waals surface area (Å²) in [5.74, 6) is -1.16. The zero-order valence-corrected chi connectivity index (χ0v) is 22.1. The molecule has 29 heavy (non-hydrogen) atoms. The van der Waals surface area contributed by atoms with Crippen LogP contribution in [0, 0.1) is 0 Å². The van der Waals surface area contributed by atoms with Crippen molar-refractivity contribution in [3.63, 3.8) is 0 Å². The fourth-order valence-electron chi connectivity index (χ4n) is 4.48. The van der Waals surface area contributed by atoms with Crippen molar-refractivity contribution < 1.29 is 19.1 Å². The number of ether oxygens (including phenoxy) is 2. The Labute approximate surface area is 180 Å². The minimum Gasteiger partial charge on any atom is -0.465 e. The lowest BCUT2D eigenvalue weighted by molar-refractivity contribution is -0.138. The number of carbonyl (C=O) groups excluding carboxylic acids is 2. The smallest absolute Gasteiger partial charge is 0.341 e. The van der Waals surface area contributed by atoms with Gasteiger partial charge in [-0.05, 0) is 0 Å². The summed E-state index contributed by atoms with van der Waals surface area (Å²) in [5.41, 5.74) is 1.39. The molecule has 1 aliphatic heterocycles. The highest BCUT2D eigenvalue weighted by Crippen LogP contribution is 2.68. The SMILES string of the molecule is COC(=O)C1=C(C(=O)OC)P(=S)(C([Si](C)(C)C)[Si](C)(C)C)N=C1c1ccccc1. The van der Waals surface area contributed by atoms with Gasteiger partial charge in [-0.2, -0.15) is 0 Å². The molecule has 1 aromatic rings. The molecule has 0 fully saturated rings. The van der Waals surface area contributed by atoms with E-state index in [4.69, 9.17) is 26.0 Å². The summed E-state index contributed by atoms with van der Waals surface area (Å²) in [7, 11) is -1.09. The number of rotatable bonds is 6. The van der Waals surface area contributed by atoms with Crippen molar-refractivity contribution in [2.75, 3.05) is 14.2 Å². The zero-order chi connectivity index (χ0) is 22.2. The van der Waals surface area contributed by atoms with Crippen molar-refractivity contribution in [1.82, 2.24) is 0 Å². The molecule has 9 heteroatoms. The van der Waals surface area contributed by atoms with Crippen molar-refractivity contribution in [3.05, 3.63) is 46.8 Å². The first-order valence-corrected chi connectivity index (χ1v) is 19.4. The summed E-state index contributed by atoms with van der Waals surface area (Å²) in [4.78, 5) is 26.0. The van der Waals surface area contributed by atoms with Crippen LogP contribution in [0.1, 0.15) is 5.56 Å². The van der Waals surface area contributed by atoms with Crippen LogP contribution in [-0.4, -0.2) is 52.9 Å². The molecule has 1 heterocycles. The molecule has 0 radical (unpaired) electrons. The summed E-state index contributed by atoms with van der Waals surface area (Å²) in [6.45, 7) is 13.6. The van der Waals surface area contributed by atoms with Crippen LogP contribution >= 0.6 is 6.19 Å². The lowest BCUT2D eigenvalue weighted by Crippen LogP contribution is -2.53. The number of hydrogen-bond acceptors (Lipinski definition) is 5. The van der Waals surface area contributed by atoms with E-state index in [1.165, 1.54) is 14.2 Å². The van der Waals surface area contributed by atoms with Crippen LogP contribution in [0.4, 0.5) is 0 Å². The number of carbonyl (C=O) groups is 2. The second-order valence-corrected chi connectivity index (χ2v) is 25.5. The van der Waals surface area contributed by atoms with Crippen LogP contribution in [-0.2, 0) is 30.9 Å². The molecule has 0 saturated heterocycles. The van der Waals surface area contributed by atoms with Crippen molar-refractivity contribution in [3.8, 4) is 0 Å². The molecule has 1 atom stereocenters. The van der Waals surface area contributed by atoms with Crippen molar-refractivity contribution >= 4 is 51.8 Å². The van der Waals surface area contributed by atoms with Gasteiger partial charge in [-0.3, -0.25) is 0 Å². The van der Waals surface area contributed by atoms with Gasteiger partial charge in [-0.25, -0.2) is 14.4 Å². The number of nitrogens with zero attached hydrogens (tertiary/aromatic N) is 1. The molecular weight excluding hydrogens is 437 g/mol. The van der Waals surface area contributed by atoms with Crippen LogP contribution in [0.2, 0.25) is 39.3 Å². The topological polar surface area (TPSA) is 65.0 Å². The van der Waals surface area contributed by atoms with Crippen LogP contribution in [0.25, 0.3) is 0 Å². The monoisotopic (exact) mass is 467 g/mol. The van der Waals surface area contributed by atoms with E-state index < -0.39 is 34.3 Å². The summed E-state index contributed by atoms with van der Waals surface area (Å²) in [6.07, 6.45) is -2.80. The van der Waals surface area contributed by atoms with E-state index in [9.17, 15) is 9.59 Å². The molecule has 1 unspecified atom stereocenters. The van der Waals surface area contributed by atoms with Crippen molar-refractivity contribution in [2.45, 2.75) is 44.2 Å². The number of hydrogen-bond donors (Lipinski definition) is 0. The third kappa shape index (κ3) is 4.55. The van der Waals surface area contributed by atoms with Gasteiger partial charge in [0.05, 0.1) is 42.3 Å². The average molecular weight is 468 g/mol. The third-order valence-corrected chi connectivity index (χ3v) is 25.0. The molecule has 158 valence electrons. The Balaban J connectivity index is 2.97. The Hall–Kier alpha value is -1.35. The molecule has 1 aliphatic rings. The molecule has 0 amide bonds. The summed E-state index contributed by atoms with van der Waals surface area (Å²) in [5, 5.41) is 0.260. The highest BCUT2D eigenvalue weighted by molar-refractivity contribution is 8.18. The summed E-state index contributed by atoms with van der Waals surface area (Å²) in [6, 6.07) is 9.39. The van der Waals surface area contributed by atoms with E-state index in [1.54, 1.807) is 0 Å². The number of methoxy groups -OCH3 is 2. The van der Waals surface area contributed by atoms with Crippen LogP contribution in [0.15, 0.2) is 46.0 Å².